The molecule has 316 valence electrons. The molecular formula is C47H82O6P2. The Kier molecular flexibility index (Phi) is 18.1. The third-order valence-electron chi connectivity index (χ3n) is 14.2. The highest BCUT2D eigenvalue weighted by Crippen LogP contribution is 2.54. The molecule has 4 fully saturated rings. The van der Waals surface area contributed by atoms with Crippen molar-refractivity contribution in [2.75, 3.05) is 0 Å². The third-order valence-corrected chi connectivity index (χ3v) is 16.7. The summed E-state index contributed by atoms with van der Waals surface area (Å²) in [5.74, 6) is 7.63. The quantitative estimate of drug-likeness (QED) is 0.146. The van der Waals surface area contributed by atoms with Crippen LogP contribution in [-0.4, -0.2) is 24.4 Å². The summed E-state index contributed by atoms with van der Waals surface area (Å²) in [7, 11) is -3.22. The maximum atomic E-state index is 7.11. The van der Waals surface area contributed by atoms with Crippen molar-refractivity contribution < 1.29 is 27.1 Å². The maximum Gasteiger partial charge on any atom is 0.397 e. The minimum Gasteiger partial charge on any atom is -0.426 e. The summed E-state index contributed by atoms with van der Waals surface area (Å²) in [5, 5.41) is 0. The molecule has 1 aromatic carbocycles. The predicted molar refractivity (Wildman–Crippen MR) is 231 cm³/mol. The van der Waals surface area contributed by atoms with Crippen LogP contribution < -0.4 is 4.52 Å². The zero-order chi connectivity index (χ0) is 39.8. The maximum absolute atomic E-state index is 7.11. The van der Waals surface area contributed by atoms with Gasteiger partial charge in [0.1, 0.15) is 5.75 Å². The molecule has 6 nitrogen and oxygen atoms in total. The van der Waals surface area contributed by atoms with E-state index < -0.39 is 17.2 Å². The second kappa shape index (κ2) is 21.8. The van der Waals surface area contributed by atoms with Crippen LogP contribution in [0.5, 0.6) is 5.75 Å². The minimum atomic E-state index is -1.64. The standard InChI is InChI=1S/C47H82O6P2/c1-30(2)39-21-17-34(9)25-44(39)50-54(51-45-26-35(10)18-22-40(45)31(3)4)48-29-38-15-13-14-16-43(38)49-55(52-46-27-36(11)19-23-41(46)32(5)6)53-47-28-37(12)20-24-42(47)33(7)8/h13-16,30-37,39-42,44-47H,17-29H2,1-12H3/t34-,35-,36-,37-,39?,40?,41+,42+,44-,45-,46-,47-,54?/m1/s1. The summed E-state index contributed by atoms with van der Waals surface area (Å²) in [6, 6.07) is 8.36. The molecule has 0 radical (unpaired) electrons. The summed E-state index contributed by atoms with van der Waals surface area (Å²) >= 11 is 0. The number of hydrogen-bond acceptors (Lipinski definition) is 6. The Bertz CT molecular complexity index is 1190. The van der Waals surface area contributed by atoms with Gasteiger partial charge in [0.05, 0.1) is 31.0 Å². The molecule has 0 aliphatic heterocycles. The number of rotatable bonds is 17. The van der Waals surface area contributed by atoms with Crippen LogP contribution in [-0.2, 0) is 29.2 Å². The van der Waals surface area contributed by atoms with Gasteiger partial charge in [-0.2, -0.15) is 0 Å². The normalized spacial score (nSPS) is 35.6. The Morgan fingerprint density at radius 3 is 1.15 bits per heavy atom. The lowest BCUT2D eigenvalue weighted by Crippen LogP contribution is -2.36. The first-order valence-corrected chi connectivity index (χ1v) is 25.0. The molecule has 1 aromatic rings. The van der Waals surface area contributed by atoms with Crippen molar-refractivity contribution in [1.29, 1.82) is 0 Å². The molecule has 55 heavy (non-hydrogen) atoms. The van der Waals surface area contributed by atoms with Gasteiger partial charge in [-0.25, -0.2) is 0 Å². The lowest BCUT2D eigenvalue weighted by Gasteiger charge is -2.41. The van der Waals surface area contributed by atoms with Gasteiger partial charge in [-0.3, -0.25) is 9.05 Å². The molecule has 0 bridgehead atoms. The number of para-hydroxylation sites is 1. The van der Waals surface area contributed by atoms with Crippen molar-refractivity contribution in [3.8, 4) is 5.75 Å². The second-order valence-corrected chi connectivity index (χ2v) is 22.5. The highest BCUT2D eigenvalue weighted by atomic mass is 31.2. The molecule has 0 N–H and O–H groups in total. The monoisotopic (exact) mass is 805 g/mol. The van der Waals surface area contributed by atoms with Gasteiger partial charge in [0.2, 0.25) is 0 Å². The van der Waals surface area contributed by atoms with E-state index in [2.05, 4.69) is 107 Å². The average molecular weight is 805 g/mol. The average Bonchev–Trinajstić information content (AvgIpc) is 3.10. The molecule has 8 heteroatoms. The molecule has 5 rings (SSSR count). The van der Waals surface area contributed by atoms with Crippen LogP contribution in [0.2, 0.25) is 0 Å². The lowest BCUT2D eigenvalue weighted by atomic mass is 9.75. The molecule has 4 aliphatic carbocycles. The van der Waals surface area contributed by atoms with Gasteiger partial charge in [-0.05, 0) is 128 Å². The number of hydrogen-bond donors (Lipinski definition) is 0. The van der Waals surface area contributed by atoms with E-state index in [0.29, 0.717) is 77.6 Å². The number of benzene rings is 1. The Morgan fingerprint density at radius 1 is 0.473 bits per heavy atom. The van der Waals surface area contributed by atoms with E-state index in [0.717, 1.165) is 37.0 Å². The van der Waals surface area contributed by atoms with Crippen molar-refractivity contribution in [2.24, 2.45) is 71.0 Å². The van der Waals surface area contributed by atoms with E-state index in [1.54, 1.807) is 0 Å². The van der Waals surface area contributed by atoms with Gasteiger partial charge < -0.3 is 18.1 Å². The lowest BCUT2D eigenvalue weighted by molar-refractivity contribution is -0.0134. The Balaban J connectivity index is 1.39. The van der Waals surface area contributed by atoms with E-state index in [9.17, 15) is 0 Å². The van der Waals surface area contributed by atoms with Gasteiger partial charge in [-0.1, -0.05) is 127 Å². The Labute approximate surface area is 341 Å². The third kappa shape index (κ3) is 13.3. The van der Waals surface area contributed by atoms with Crippen molar-refractivity contribution in [2.45, 2.75) is 191 Å². The topological polar surface area (TPSA) is 55.4 Å². The van der Waals surface area contributed by atoms with Gasteiger partial charge in [0, 0.05) is 5.56 Å². The Morgan fingerprint density at radius 2 is 0.800 bits per heavy atom. The molecular weight excluding hydrogens is 722 g/mol. The van der Waals surface area contributed by atoms with Crippen LogP contribution in [0.25, 0.3) is 0 Å². The van der Waals surface area contributed by atoms with Crippen molar-refractivity contribution in [1.82, 2.24) is 0 Å². The summed E-state index contributed by atoms with van der Waals surface area (Å²) in [6.07, 6.45) is 14.7. The first kappa shape index (κ1) is 45.8. The van der Waals surface area contributed by atoms with E-state index >= 15 is 0 Å². The second-order valence-electron chi connectivity index (χ2n) is 20.3. The van der Waals surface area contributed by atoms with Gasteiger partial charge in [-0.15, -0.1) is 0 Å². The van der Waals surface area contributed by atoms with Crippen LogP contribution in [0.15, 0.2) is 24.3 Å². The molecule has 4 aliphatic rings. The van der Waals surface area contributed by atoms with E-state index in [1.807, 2.05) is 0 Å². The van der Waals surface area contributed by atoms with Gasteiger partial charge in [0.15, 0.2) is 0 Å². The van der Waals surface area contributed by atoms with Gasteiger partial charge >= 0.3 is 17.2 Å². The van der Waals surface area contributed by atoms with E-state index in [-0.39, 0.29) is 24.4 Å². The van der Waals surface area contributed by atoms with Gasteiger partial charge in [0.25, 0.3) is 0 Å². The first-order valence-electron chi connectivity index (χ1n) is 22.8. The van der Waals surface area contributed by atoms with Crippen molar-refractivity contribution >= 4 is 17.2 Å². The molecule has 0 amide bonds. The van der Waals surface area contributed by atoms with Crippen LogP contribution >= 0.6 is 17.2 Å². The predicted octanol–water partition coefficient (Wildman–Crippen LogP) is 14.9. The fourth-order valence-corrected chi connectivity index (χ4v) is 13.2. The van der Waals surface area contributed by atoms with Crippen LogP contribution in [0, 0.1) is 71.0 Å². The van der Waals surface area contributed by atoms with Crippen LogP contribution in [0.4, 0.5) is 0 Å². The summed E-state index contributed by atoms with van der Waals surface area (Å²) in [6.45, 7) is 28.7. The molecule has 0 aromatic heterocycles. The van der Waals surface area contributed by atoms with Crippen LogP contribution in [0.3, 0.4) is 0 Å². The summed E-state index contributed by atoms with van der Waals surface area (Å²) < 4.78 is 42.2. The molecule has 4 saturated carbocycles. The van der Waals surface area contributed by atoms with E-state index in [4.69, 9.17) is 27.1 Å². The smallest absolute Gasteiger partial charge is 0.397 e. The highest BCUT2D eigenvalue weighted by molar-refractivity contribution is 7.42. The fraction of sp³-hybridized carbons (Fsp3) is 0.872. The van der Waals surface area contributed by atoms with E-state index in [1.165, 1.54) is 51.4 Å². The fourth-order valence-electron chi connectivity index (χ4n) is 10.5. The summed E-state index contributed by atoms with van der Waals surface area (Å²) in [4.78, 5) is 0. The Hall–Kier alpha value is -0.320. The zero-order valence-corrected chi connectivity index (χ0v) is 38.9. The van der Waals surface area contributed by atoms with Crippen molar-refractivity contribution in [3.63, 3.8) is 0 Å². The molecule has 0 saturated heterocycles. The summed E-state index contributed by atoms with van der Waals surface area (Å²) in [5.41, 5.74) is 0.992. The minimum absolute atomic E-state index is 0.130. The molecule has 0 spiro atoms. The largest absolute Gasteiger partial charge is 0.426 e. The zero-order valence-electron chi connectivity index (χ0n) is 37.1. The van der Waals surface area contributed by atoms with Crippen molar-refractivity contribution in [3.05, 3.63) is 29.8 Å². The van der Waals surface area contributed by atoms with Crippen LogP contribution in [0.1, 0.15) is 166 Å². The molecule has 2 unspecified atom stereocenters. The SMILES string of the molecule is CC(C)C1CC[C@@H](C)C[C@H]1OP(OCc1ccccc1OP(O[C@@H]1C[C@H](C)CC[C@H]1C(C)C)O[C@@H]1C[C@H](C)CC[C@H]1C(C)C)O[C@@H]1C[C@H](C)CCC1C(C)C. The molecule has 0 heterocycles. The molecule has 12 atom stereocenters. The first-order chi connectivity index (χ1) is 26.2. The highest BCUT2D eigenvalue weighted by Gasteiger charge is 2.41.